The molecule has 0 saturated carbocycles. The van der Waals surface area contributed by atoms with Crippen molar-refractivity contribution in [2.24, 2.45) is 0 Å². The molecule has 0 aromatic heterocycles. The summed E-state index contributed by atoms with van der Waals surface area (Å²) in [5.74, 6) is 0.234. The van der Waals surface area contributed by atoms with Crippen LogP contribution in [-0.2, 0) is 16.2 Å². The summed E-state index contributed by atoms with van der Waals surface area (Å²) < 4.78 is 49.9. The molecule has 3 rings (SSSR count). The van der Waals surface area contributed by atoms with Crippen molar-refractivity contribution >= 4 is 5.91 Å². The van der Waals surface area contributed by atoms with Crippen LogP contribution in [0.25, 0.3) is 0 Å². The third-order valence-corrected chi connectivity index (χ3v) is 3.69. The third-order valence-electron chi connectivity index (χ3n) is 3.69. The van der Waals surface area contributed by atoms with Crippen molar-refractivity contribution in [2.75, 3.05) is 20.4 Å². The first-order valence-electron chi connectivity index (χ1n) is 7.36. The standard InChI is InChI=1S/C16H15F3N2O4/c1-23-21-6-2-3-11(16(17,18)19)14(21)15(22)20-8-10-4-5-12-13(7-10)25-9-24-12/h2-5,7H,6,8-9H2,1H3,(H,20,22). The Morgan fingerprint density at radius 1 is 1.32 bits per heavy atom. The van der Waals surface area contributed by atoms with Gasteiger partial charge >= 0.3 is 6.18 Å². The normalized spacial score (nSPS) is 16.4. The molecule has 1 aromatic carbocycles. The summed E-state index contributed by atoms with van der Waals surface area (Å²) >= 11 is 0. The maximum atomic E-state index is 13.2. The van der Waals surface area contributed by atoms with Gasteiger partial charge in [-0.2, -0.15) is 13.2 Å². The zero-order chi connectivity index (χ0) is 18.0. The minimum absolute atomic E-state index is 0.0331. The number of nitrogens with zero attached hydrogens (tertiary/aromatic N) is 1. The Morgan fingerprint density at radius 3 is 2.80 bits per heavy atom. The van der Waals surface area contributed by atoms with Crippen LogP contribution in [0.4, 0.5) is 13.2 Å². The number of benzene rings is 1. The van der Waals surface area contributed by atoms with Crippen LogP contribution in [0.3, 0.4) is 0 Å². The van der Waals surface area contributed by atoms with Gasteiger partial charge in [0.1, 0.15) is 5.70 Å². The number of rotatable bonds is 4. The Balaban J connectivity index is 1.78. The molecule has 25 heavy (non-hydrogen) atoms. The van der Waals surface area contributed by atoms with Crippen molar-refractivity contribution in [3.8, 4) is 11.5 Å². The lowest BCUT2D eigenvalue weighted by Crippen LogP contribution is -2.39. The quantitative estimate of drug-likeness (QED) is 0.897. The van der Waals surface area contributed by atoms with Crippen LogP contribution < -0.4 is 14.8 Å². The van der Waals surface area contributed by atoms with Crippen LogP contribution in [0.1, 0.15) is 5.56 Å². The van der Waals surface area contributed by atoms with E-state index in [4.69, 9.17) is 14.3 Å². The van der Waals surface area contributed by atoms with E-state index in [1.807, 2.05) is 0 Å². The van der Waals surface area contributed by atoms with Crippen molar-refractivity contribution in [3.63, 3.8) is 0 Å². The van der Waals surface area contributed by atoms with Crippen molar-refractivity contribution in [3.05, 3.63) is 47.2 Å². The molecular weight excluding hydrogens is 341 g/mol. The Labute approximate surface area is 141 Å². The van der Waals surface area contributed by atoms with Gasteiger partial charge in [-0.25, -0.2) is 5.06 Å². The second-order valence-corrected chi connectivity index (χ2v) is 5.28. The molecule has 0 radical (unpaired) electrons. The van der Waals surface area contributed by atoms with E-state index in [0.717, 1.165) is 11.1 Å². The molecule has 0 bridgehead atoms. The summed E-state index contributed by atoms with van der Waals surface area (Å²) in [6.07, 6.45) is -2.51. The highest BCUT2D eigenvalue weighted by Crippen LogP contribution is 2.34. The van der Waals surface area contributed by atoms with Gasteiger partial charge in [0.15, 0.2) is 11.5 Å². The van der Waals surface area contributed by atoms with Gasteiger partial charge in [-0.15, -0.1) is 0 Å². The second-order valence-electron chi connectivity index (χ2n) is 5.28. The van der Waals surface area contributed by atoms with Gasteiger partial charge in [-0.05, 0) is 23.8 Å². The number of halogens is 3. The SMILES string of the molecule is CON1CC=CC(C(F)(F)F)=C1C(=O)NCc1ccc2c(c1)OCO2. The number of allylic oxidation sites excluding steroid dienone is 2. The highest BCUT2D eigenvalue weighted by molar-refractivity contribution is 5.94. The van der Waals surface area contributed by atoms with Crippen molar-refractivity contribution in [1.82, 2.24) is 10.4 Å². The van der Waals surface area contributed by atoms with Gasteiger partial charge in [0.25, 0.3) is 5.91 Å². The summed E-state index contributed by atoms with van der Waals surface area (Å²) in [5, 5.41) is 3.38. The summed E-state index contributed by atoms with van der Waals surface area (Å²) in [4.78, 5) is 17.2. The van der Waals surface area contributed by atoms with Gasteiger partial charge in [-0.3, -0.25) is 9.63 Å². The number of amides is 1. The fourth-order valence-electron chi connectivity index (χ4n) is 2.52. The molecule has 9 heteroatoms. The average Bonchev–Trinajstić information content (AvgIpc) is 3.05. The summed E-state index contributed by atoms with van der Waals surface area (Å²) in [6.45, 7) is 0.191. The van der Waals surface area contributed by atoms with E-state index in [2.05, 4.69) is 5.32 Å². The van der Waals surface area contributed by atoms with Crippen LogP contribution >= 0.6 is 0 Å². The van der Waals surface area contributed by atoms with Gasteiger partial charge < -0.3 is 14.8 Å². The molecule has 0 unspecified atom stereocenters. The predicted octanol–water partition coefficient (Wildman–Crippen LogP) is 2.28. The van der Waals surface area contributed by atoms with Gasteiger partial charge in [0.2, 0.25) is 6.79 Å². The van der Waals surface area contributed by atoms with Crippen molar-refractivity contribution in [1.29, 1.82) is 0 Å². The minimum atomic E-state index is -4.67. The van der Waals surface area contributed by atoms with E-state index in [0.29, 0.717) is 17.1 Å². The fourth-order valence-corrected chi connectivity index (χ4v) is 2.52. The number of nitrogens with one attached hydrogen (secondary N) is 1. The molecule has 0 aliphatic carbocycles. The van der Waals surface area contributed by atoms with E-state index >= 15 is 0 Å². The maximum absolute atomic E-state index is 13.2. The Bertz CT molecular complexity index is 743. The first kappa shape index (κ1) is 17.2. The predicted molar refractivity (Wildman–Crippen MR) is 80.3 cm³/mol. The van der Waals surface area contributed by atoms with Crippen LogP contribution in [0.5, 0.6) is 11.5 Å². The zero-order valence-corrected chi connectivity index (χ0v) is 13.2. The lowest BCUT2D eigenvalue weighted by Gasteiger charge is -2.28. The lowest BCUT2D eigenvalue weighted by molar-refractivity contribution is -0.139. The molecule has 0 atom stereocenters. The smallest absolute Gasteiger partial charge is 0.418 e. The molecule has 1 amide bonds. The highest BCUT2D eigenvalue weighted by atomic mass is 19.4. The number of alkyl halides is 3. The van der Waals surface area contributed by atoms with Gasteiger partial charge in [-0.1, -0.05) is 12.1 Å². The molecule has 2 aliphatic rings. The van der Waals surface area contributed by atoms with Crippen LogP contribution in [0.2, 0.25) is 0 Å². The van der Waals surface area contributed by atoms with Gasteiger partial charge in [0, 0.05) is 6.54 Å². The molecule has 6 nitrogen and oxygen atoms in total. The molecule has 0 saturated heterocycles. The Hall–Kier alpha value is -2.68. The highest BCUT2D eigenvalue weighted by Gasteiger charge is 2.40. The molecule has 1 aromatic rings. The Kier molecular flexibility index (Phi) is 4.58. The number of fused-ring (bicyclic) bond motifs is 1. The number of ether oxygens (including phenoxy) is 2. The molecule has 134 valence electrons. The molecular formula is C16H15F3N2O4. The summed E-state index contributed by atoms with van der Waals surface area (Å²) in [6, 6.07) is 5.03. The van der Waals surface area contributed by atoms with Gasteiger partial charge in [0.05, 0.1) is 19.2 Å². The van der Waals surface area contributed by atoms with Crippen LogP contribution in [0.15, 0.2) is 41.6 Å². The maximum Gasteiger partial charge on any atom is 0.418 e. The van der Waals surface area contributed by atoms with Crippen molar-refractivity contribution < 1.29 is 32.3 Å². The van der Waals surface area contributed by atoms with Crippen LogP contribution in [-0.4, -0.2) is 37.6 Å². The van der Waals surface area contributed by atoms with E-state index in [9.17, 15) is 18.0 Å². The first-order valence-corrected chi connectivity index (χ1v) is 7.36. The second kappa shape index (κ2) is 6.67. The largest absolute Gasteiger partial charge is 0.454 e. The zero-order valence-electron chi connectivity index (χ0n) is 13.2. The first-order chi connectivity index (χ1) is 11.9. The monoisotopic (exact) mass is 356 g/mol. The molecule has 0 spiro atoms. The topological polar surface area (TPSA) is 60.0 Å². The van der Waals surface area contributed by atoms with Crippen LogP contribution in [0, 0.1) is 0 Å². The molecule has 2 heterocycles. The van der Waals surface area contributed by atoms with E-state index in [-0.39, 0.29) is 19.9 Å². The lowest BCUT2D eigenvalue weighted by atomic mass is 10.1. The number of carbonyl (C=O) groups excluding carboxylic acids is 1. The van der Waals surface area contributed by atoms with E-state index < -0.39 is 23.4 Å². The molecule has 0 fully saturated rings. The number of hydrogen-bond donors (Lipinski definition) is 1. The van der Waals surface area contributed by atoms with Crippen molar-refractivity contribution in [2.45, 2.75) is 12.7 Å². The number of carbonyl (C=O) groups is 1. The summed E-state index contributed by atoms with van der Waals surface area (Å²) in [7, 11) is 1.21. The number of hydroxylamine groups is 2. The van der Waals surface area contributed by atoms with E-state index in [1.54, 1.807) is 18.2 Å². The third kappa shape index (κ3) is 3.55. The molecule has 2 aliphatic heterocycles. The Morgan fingerprint density at radius 2 is 2.08 bits per heavy atom. The fraction of sp³-hybridized carbons (Fsp3) is 0.312. The molecule has 1 N–H and O–H groups in total. The average molecular weight is 356 g/mol. The number of hydrogen-bond acceptors (Lipinski definition) is 5. The summed E-state index contributed by atoms with van der Waals surface area (Å²) in [5.41, 5.74) is -0.955. The van der Waals surface area contributed by atoms with E-state index in [1.165, 1.54) is 13.2 Å². The minimum Gasteiger partial charge on any atom is -0.454 e.